The Labute approximate surface area is 176 Å². The maximum atomic E-state index is 13.0. The molecule has 6 heteroatoms. The van der Waals surface area contributed by atoms with Crippen LogP contribution >= 0.6 is 12.2 Å². The second-order valence-corrected chi connectivity index (χ2v) is 8.89. The molecular weight excluding hydrogens is 382 g/mol. The Balaban J connectivity index is 1.59. The van der Waals surface area contributed by atoms with Crippen molar-refractivity contribution >= 4 is 29.0 Å². The molecule has 1 aromatic carbocycles. The molecule has 154 valence electrons. The molecule has 1 saturated heterocycles. The van der Waals surface area contributed by atoms with Gasteiger partial charge in [0.15, 0.2) is 4.77 Å². The highest BCUT2D eigenvalue weighted by molar-refractivity contribution is 7.71. The molecule has 2 aliphatic rings. The molecule has 1 aliphatic carbocycles. The van der Waals surface area contributed by atoms with Crippen molar-refractivity contribution in [1.29, 1.82) is 0 Å². The first-order chi connectivity index (χ1) is 14.0. The molecule has 1 aromatic heterocycles. The predicted molar refractivity (Wildman–Crippen MR) is 119 cm³/mol. The average Bonchev–Trinajstić information content (AvgIpc) is 2.73. The molecule has 2 aromatic rings. The lowest BCUT2D eigenvalue weighted by Crippen LogP contribution is -2.39. The first-order valence-corrected chi connectivity index (χ1v) is 11.2. The van der Waals surface area contributed by atoms with E-state index in [1.165, 1.54) is 24.8 Å². The Morgan fingerprint density at radius 3 is 2.90 bits per heavy atom. The summed E-state index contributed by atoms with van der Waals surface area (Å²) < 4.78 is 2.08. The van der Waals surface area contributed by atoms with Gasteiger partial charge in [0.25, 0.3) is 11.5 Å². The summed E-state index contributed by atoms with van der Waals surface area (Å²) in [6.45, 7) is 4.38. The number of piperidine rings is 1. The van der Waals surface area contributed by atoms with Crippen LogP contribution in [-0.2, 0) is 6.54 Å². The average molecular weight is 412 g/mol. The maximum Gasteiger partial charge on any atom is 0.262 e. The highest BCUT2D eigenvalue weighted by Crippen LogP contribution is 2.21. The fourth-order valence-corrected chi connectivity index (χ4v) is 4.82. The number of aromatic amines is 1. The molecule has 0 radical (unpaired) electrons. The quantitative estimate of drug-likeness (QED) is 0.579. The molecule has 4 rings (SSSR count). The largest absolute Gasteiger partial charge is 0.338 e. The van der Waals surface area contributed by atoms with Crippen LogP contribution in [0.5, 0.6) is 0 Å². The van der Waals surface area contributed by atoms with E-state index in [2.05, 4.69) is 18.0 Å². The molecule has 0 unspecified atom stereocenters. The lowest BCUT2D eigenvalue weighted by Gasteiger charge is -2.31. The standard InChI is InChI=1S/C23H29N3O2S/c1-16-6-5-12-25(15-16)21(27)18-9-10-19-20(14-18)24-23(29)26(22(19)28)13-11-17-7-3-2-4-8-17/h7,9-10,14,16H,2-6,8,11-13,15H2,1H3,(H,24,29)/t16-/m0/s1. The molecule has 0 saturated carbocycles. The molecule has 5 nitrogen and oxygen atoms in total. The number of fused-ring (bicyclic) bond motifs is 1. The van der Waals surface area contributed by atoms with Gasteiger partial charge >= 0.3 is 0 Å². The fraction of sp³-hybridized carbons (Fsp3) is 0.522. The third kappa shape index (κ3) is 4.37. The van der Waals surface area contributed by atoms with Crippen molar-refractivity contribution in [2.24, 2.45) is 5.92 Å². The van der Waals surface area contributed by atoms with Crippen LogP contribution in [0.15, 0.2) is 34.6 Å². The Morgan fingerprint density at radius 2 is 2.14 bits per heavy atom. The van der Waals surface area contributed by atoms with Gasteiger partial charge in [-0.1, -0.05) is 18.6 Å². The number of benzene rings is 1. The Kier molecular flexibility index (Phi) is 5.99. The molecule has 29 heavy (non-hydrogen) atoms. The number of nitrogens with zero attached hydrogens (tertiary/aromatic N) is 2. The first kappa shape index (κ1) is 20.1. The highest BCUT2D eigenvalue weighted by atomic mass is 32.1. The van der Waals surface area contributed by atoms with Crippen molar-refractivity contribution in [3.05, 3.63) is 50.5 Å². The molecule has 1 N–H and O–H groups in total. The van der Waals surface area contributed by atoms with Gasteiger partial charge in [0.05, 0.1) is 10.9 Å². The van der Waals surface area contributed by atoms with Gasteiger partial charge in [0.2, 0.25) is 0 Å². The number of amides is 1. The van der Waals surface area contributed by atoms with Crippen molar-refractivity contribution in [2.75, 3.05) is 13.1 Å². The lowest BCUT2D eigenvalue weighted by molar-refractivity contribution is 0.0683. The number of allylic oxidation sites excluding steroid dienone is 2. The number of hydrogen-bond acceptors (Lipinski definition) is 3. The number of carbonyl (C=O) groups is 1. The van der Waals surface area contributed by atoms with Gasteiger partial charge in [-0.05, 0) is 81.3 Å². The zero-order chi connectivity index (χ0) is 20.4. The number of H-pyrrole nitrogens is 1. The fourth-order valence-electron chi connectivity index (χ4n) is 4.53. The summed E-state index contributed by atoms with van der Waals surface area (Å²) in [4.78, 5) is 31.0. The number of hydrogen-bond donors (Lipinski definition) is 1. The van der Waals surface area contributed by atoms with Gasteiger partial charge in [-0.3, -0.25) is 14.2 Å². The normalized spacial score (nSPS) is 20.0. The van der Waals surface area contributed by atoms with Gasteiger partial charge in [0, 0.05) is 25.2 Å². The van der Waals surface area contributed by atoms with Gasteiger partial charge in [-0.15, -0.1) is 0 Å². The predicted octanol–water partition coefficient (Wildman–Crippen LogP) is 4.82. The van der Waals surface area contributed by atoms with Gasteiger partial charge in [-0.2, -0.15) is 0 Å². The highest BCUT2D eigenvalue weighted by Gasteiger charge is 2.22. The van der Waals surface area contributed by atoms with Gasteiger partial charge < -0.3 is 9.88 Å². The minimum absolute atomic E-state index is 0.0335. The summed E-state index contributed by atoms with van der Waals surface area (Å²) in [6.07, 6.45) is 10.2. The maximum absolute atomic E-state index is 13.0. The zero-order valence-corrected chi connectivity index (χ0v) is 17.9. The molecule has 1 fully saturated rings. The number of rotatable bonds is 4. The van der Waals surface area contributed by atoms with E-state index in [-0.39, 0.29) is 11.5 Å². The monoisotopic (exact) mass is 411 g/mol. The van der Waals surface area contributed by atoms with Crippen molar-refractivity contribution in [2.45, 2.75) is 58.4 Å². The first-order valence-electron chi connectivity index (χ1n) is 10.8. The van der Waals surface area contributed by atoms with Crippen LogP contribution in [0.3, 0.4) is 0 Å². The van der Waals surface area contributed by atoms with E-state index in [1.54, 1.807) is 22.8 Å². The van der Waals surface area contributed by atoms with Crippen molar-refractivity contribution in [3.63, 3.8) is 0 Å². The van der Waals surface area contributed by atoms with E-state index in [0.717, 1.165) is 38.8 Å². The van der Waals surface area contributed by atoms with E-state index < -0.39 is 0 Å². The van der Waals surface area contributed by atoms with Crippen LogP contribution in [0, 0.1) is 10.7 Å². The second kappa shape index (κ2) is 8.66. The van der Waals surface area contributed by atoms with E-state index in [9.17, 15) is 9.59 Å². The van der Waals surface area contributed by atoms with E-state index in [4.69, 9.17) is 12.2 Å². The topological polar surface area (TPSA) is 58.1 Å². The summed E-state index contributed by atoms with van der Waals surface area (Å²) in [6, 6.07) is 5.32. The van der Waals surface area contributed by atoms with Crippen LogP contribution in [0.4, 0.5) is 0 Å². The van der Waals surface area contributed by atoms with Crippen LogP contribution in [-0.4, -0.2) is 33.4 Å². The second-order valence-electron chi connectivity index (χ2n) is 8.50. The lowest BCUT2D eigenvalue weighted by atomic mass is 9.97. The van der Waals surface area contributed by atoms with E-state index >= 15 is 0 Å². The van der Waals surface area contributed by atoms with Crippen LogP contribution in [0.25, 0.3) is 10.9 Å². The zero-order valence-electron chi connectivity index (χ0n) is 17.1. The molecule has 2 heterocycles. The Morgan fingerprint density at radius 1 is 1.28 bits per heavy atom. The summed E-state index contributed by atoms with van der Waals surface area (Å²) in [5, 5.41) is 0.583. The molecule has 0 spiro atoms. The van der Waals surface area contributed by atoms with Crippen molar-refractivity contribution in [3.8, 4) is 0 Å². The molecule has 1 atom stereocenters. The molecule has 1 aliphatic heterocycles. The van der Waals surface area contributed by atoms with Gasteiger partial charge in [-0.25, -0.2) is 0 Å². The third-order valence-electron chi connectivity index (χ3n) is 6.21. The summed E-state index contributed by atoms with van der Waals surface area (Å²) in [7, 11) is 0. The van der Waals surface area contributed by atoms with E-state index in [0.29, 0.717) is 33.7 Å². The summed E-state index contributed by atoms with van der Waals surface area (Å²) >= 11 is 5.48. The summed E-state index contributed by atoms with van der Waals surface area (Å²) in [5.74, 6) is 0.566. The molecule has 1 amide bonds. The van der Waals surface area contributed by atoms with Crippen LogP contribution < -0.4 is 5.56 Å². The SMILES string of the molecule is C[C@H]1CCCN(C(=O)c2ccc3c(=O)n(CCC4=CCCCC4)c(=S)[nH]c3c2)C1. The smallest absolute Gasteiger partial charge is 0.262 e. The van der Waals surface area contributed by atoms with E-state index in [1.807, 2.05) is 4.90 Å². The number of likely N-dealkylation sites (tertiary alicyclic amines) is 1. The van der Waals surface area contributed by atoms with Crippen molar-refractivity contribution in [1.82, 2.24) is 14.5 Å². The summed E-state index contributed by atoms with van der Waals surface area (Å²) in [5.41, 5.74) is 2.60. The number of nitrogens with one attached hydrogen (secondary N) is 1. The molecular formula is C23H29N3O2S. The van der Waals surface area contributed by atoms with Crippen molar-refractivity contribution < 1.29 is 4.79 Å². The van der Waals surface area contributed by atoms with Crippen LogP contribution in [0.2, 0.25) is 0 Å². The number of aromatic nitrogens is 2. The minimum Gasteiger partial charge on any atom is -0.338 e. The minimum atomic E-state index is -0.0780. The molecule has 0 bridgehead atoms. The van der Waals surface area contributed by atoms with Crippen LogP contribution in [0.1, 0.15) is 62.2 Å². The number of carbonyl (C=O) groups excluding carboxylic acids is 1. The third-order valence-corrected chi connectivity index (χ3v) is 6.54. The Bertz CT molecular complexity index is 1070. The van der Waals surface area contributed by atoms with Gasteiger partial charge in [0.1, 0.15) is 0 Å². The Hall–Kier alpha value is -2.21.